The zero-order valence-electron chi connectivity index (χ0n) is 19.9. The lowest BCUT2D eigenvalue weighted by Gasteiger charge is -2.12. The number of amides is 1. The maximum Gasteiger partial charge on any atom is 0.256 e. The molecule has 5 aromatic rings. The van der Waals surface area contributed by atoms with Gasteiger partial charge in [-0.05, 0) is 51.4 Å². The molecule has 7 heteroatoms. The molecule has 3 heterocycles. The molecule has 0 bridgehead atoms. The normalized spacial score (nSPS) is 11.6. The van der Waals surface area contributed by atoms with Gasteiger partial charge >= 0.3 is 0 Å². The summed E-state index contributed by atoms with van der Waals surface area (Å²) in [5.74, 6) is -0.174. The van der Waals surface area contributed by atoms with Gasteiger partial charge in [-0.1, -0.05) is 30.3 Å². The highest BCUT2D eigenvalue weighted by molar-refractivity contribution is 6.13. The maximum atomic E-state index is 13.5. The molecule has 0 spiro atoms. The summed E-state index contributed by atoms with van der Waals surface area (Å²) in [7, 11) is 6.00. The number of hydrogen-bond acceptors (Lipinski definition) is 4. The number of hydrogen-bond donors (Lipinski definition) is 1. The molecule has 1 N–H and O–H groups in total. The average Bonchev–Trinajstić information content (AvgIpc) is 3.37. The molecular formula is C27H28N6O. The zero-order valence-corrected chi connectivity index (χ0v) is 19.9. The molecule has 0 atom stereocenters. The molecule has 5 rings (SSSR count). The summed E-state index contributed by atoms with van der Waals surface area (Å²) in [4.78, 5) is 20.5. The Kier molecular flexibility index (Phi) is 5.63. The topological polar surface area (TPSA) is 68.0 Å². The molecule has 2 aromatic carbocycles. The molecule has 1 amide bonds. The van der Waals surface area contributed by atoms with Crippen LogP contribution in [0.25, 0.3) is 33.2 Å². The summed E-state index contributed by atoms with van der Waals surface area (Å²) >= 11 is 0. The van der Waals surface area contributed by atoms with Crippen molar-refractivity contribution in [1.29, 1.82) is 0 Å². The highest BCUT2D eigenvalue weighted by Crippen LogP contribution is 2.28. The minimum atomic E-state index is -0.174. The Balaban J connectivity index is 1.50. The number of rotatable bonds is 6. The summed E-state index contributed by atoms with van der Waals surface area (Å²) < 4.78 is 3.97. The third-order valence-corrected chi connectivity index (χ3v) is 6.10. The van der Waals surface area contributed by atoms with Crippen molar-refractivity contribution in [2.45, 2.75) is 13.5 Å². The van der Waals surface area contributed by atoms with Crippen LogP contribution in [0.3, 0.4) is 0 Å². The van der Waals surface area contributed by atoms with Crippen LogP contribution in [0.4, 0.5) is 5.69 Å². The molecule has 7 nitrogen and oxygen atoms in total. The van der Waals surface area contributed by atoms with Crippen LogP contribution in [0, 0.1) is 6.92 Å². The second kappa shape index (κ2) is 8.76. The first-order valence-corrected chi connectivity index (χ1v) is 11.4. The molecular weight excluding hydrogens is 424 g/mol. The number of pyridine rings is 1. The molecule has 0 unspecified atom stereocenters. The van der Waals surface area contributed by atoms with Gasteiger partial charge in [-0.15, -0.1) is 0 Å². The van der Waals surface area contributed by atoms with Crippen LogP contribution in [0.5, 0.6) is 0 Å². The Morgan fingerprint density at radius 1 is 1.06 bits per heavy atom. The number of fused-ring (bicyclic) bond motifs is 2. The van der Waals surface area contributed by atoms with Crippen molar-refractivity contribution in [3.8, 4) is 11.3 Å². The summed E-state index contributed by atoms with van der Waals surface area (Å²) in [5, 5.41) is 9.48. The molecule has 0 saturated carbocycles. The summed E-state index contributed by atoms with van der Waals surface area (Å²) in [6.07, 6.45) is 2.09. The summed E-state index contributed by atoms with van der Waals surface area (Å²) in [5.41, 5.74) is 5.66. The molecule has 0 aliphatic rings. The first-order valence-electron chi connectivity index (χ1n) is 11.4. The highest BCUT2D eigenvalue weighted by Gasteiger charge is 2.19. The summed E-state index contributed by atoms with van der Waals surface area (Å²) in [6.45, 7) is 3.79. The molecule has 0 aliphatic heterocycles. The fourth-order valence-electron chi connectivity index (χ4n) is 4.36. The molecule has 3 aromatic heterocycles. The fraction of sp³-hybridized carbons (Fsp3) is 0.222. The third kappa shape index (κ3) is 4.06. The highest BCUT2D eigenvalue weighted by atomic mass is 16.1. The molecule has 34 heavy (non-hydrogen) atoms. The smallest absolute Gasteiger partial charge is 0.256 e. The lowest BCUT2D eigenvalue weighted by atomic mass is 10.0. The van der Waals surface area contributed by atoms with Crippen LogP contribution in [0.2, 0.25) is 0 Å². The van der Waals surface area contributed by atoms with E-state index in [2.05, 4.69) is 52.3 Å². The van der Waals surface area contributed by atoms with Crippen molar-refractivity contribution in [1.82, 2.24) is 24.2 Å². The second-order valence-corrected chi connectivity index (χ2v) is 8.87. The largest absolute Gasteiger partial charge is 0.346 e. The van der Waals surface area contributed by atoms with E-state index in [1.807, 2.05) is 62.5 Å². The van der Waals surface area contributed by atoms with Gasteiger partial charge in [-0.3, -0.25) is 9.48 Å². The number of carbonyl (C=O) groups excluding carboxylic acids is 1. The fourth-order valence-corrected chi connectivity index (χ4v) is 4.36. The van der Waals surface area contributed by atoms with Gasteiger partial charge in [0.05, 0.1) is 22.3 Å². The van der Waals surface area contributed by atoms with Gasteiger partial charge in [-0.2, -0.15) is 5.10 Å². The first kappa shape index (κ1) is 21.9. The van der Waals surface area contributed by atoms with E-state index in [1.54, 1.807) is 4.68 Å². The van der Waals surface area contributed by atoms with Crippen molar-refractivity contribution >= 4 is 33.5 Å². The van der Waals surface area contributed by atoms with Crippen LogP contribution in [0.1, 0.15) is 16.1 Å². The van der Waals surface area contributed by atoms with Crippen LogP contribution in [0.15, 0.2) is 66.9 Å². The zero-order chi connectivity index (χ0) is 23.8. The van der Waals surface area contributed by atoms with E-state index < -0.39 is 0 Å². The van der Waals surface area contributed by atoms with Crippen LogP contribution in [-0.4, -0.2) is 50.8 Å². The number of likely N-dealkylation sites (N-methyl/N-ethyl adjacent to an activating group) is 1. The monoisotopic (exact) mass is 452 g/mol. The van der Waals surface area contributed by atoms with Gasteiger partial charge in [0.15, 0.2) is 5.65 Å². The Hall–Kier alpha value is -3.97. The van der Waals surface area contributed by atoms with E-state index in [9.17, 15) is 4.79 Å². The maximum absolute atomic E-state index is 13.5. The Labute approximate surface area is 198 Å². The lowest BCUT2D eigenvalue weighted by Crippen LogP contribution is -2.17. The van der Waals surface area contributed by atoms with Crippen LogP contribution >= 0.6 is 0 Å². The van der Waals surface area contributed by atoms with Crippen molar-refractivity contribution in [2.24, 2.45) is 7.05 Å². The van der Waals surface area contributed by atoms with Gasteiger partial charge < -0.3 is 14.8 Å². The van der Waals surface area contributed by atoms with Crippen molar-refractivity contribution < 1.29 is 4.79 Å². The molecule has 0 saturated heterocycles. The number of carbonyl (C=O) groups is 1. The predicted octanol–water partition coefficient (Wildman–Crippen LogP) is 4.71. The Morgan fingerprint density at radius 2 is 1.85 bits per heavy atom. The molecule has 0 fully saturated rings. The average molecular weight is 453 g/mol. The van der Waals surface area contributed by atoms with E-state index in [1.165, 1.54) is 0 Å². The van der Waals surface area contributed by atoms with Crippen molar-refractivity contribution in [3.63, 3.8) is 0 Å². The van der Waals surface area contributed by atoms with E-state index >= 15 is 0 Å². The van der Waals surface area contributed by atoms with E-state index in [0.717, 1.165) is 52.0 Å². The van der Waals surface area contributed by atoms with Crippen molar-refractivity contribution in [3.05, 3.63) is 78.1 Å². The lowest BCUT2D eigenvalue weighted by molar-refractivity contribution is 0.102. The van der Waals surface area contributed by atoms with Gasteiger partial charge in [-0.25, -0.2) is 4.98 Å². The Morgan fingerprint density at radius 3 is 2.62 bits per heavy atom. The van der Waals surface area contributed by atoms with Crippen LogP contribution < -0.4 is 5.32 Å². The number of aromatic nitrogens is 4. The number of benzene rings is 2. The van der Waals surface area contributed by atoms with Gasteiger partial charge in [0, 0.05) is 48.5 Å². The number of anilines is 1. The number of aryl methyl sites for hydroxylation is 2. The molecule has 0 radical (unpaired) electrons. The number of nitrogens with zero attached hydrogens (tertiary/aromatic N) is 5. The second-order valence-electron chi connectivity index (χ2n) is 8.87. The van der Waals surface area contributed by atoms with Gasteiger partial charge in [0.1, 0.15) is 0 Å². The molecule has 0 aliphatic carbocycles. The van der Waals surface area contributed by atoms with Gasteiger partial charge in [0.25, 0.3) is 5.91 Å². The van der Waals surface area contributed by atoms with Crippen molar-refractivity contribution in [2.75, 3.05) is 26.0 Å². The third-order valence-electron chi connectivity index (χ3n) is 6.10. The molecule has 172 valence electrons. The predicted molar refractivity (Wildman–Crippen MR) is 137 cm³/mol. The van der Waals surface area contributed by atoms with E-state index in [-0.39, 0.29) is 5.91 Å². The standard InChI is InChI=1S/C27H28N6O/c1-18-25-22(17-23(19-8-6-5-7-9-19)29-26(25)32(4)30-18)27(34)28-21-10-11-24-20(16-21)12-13-33(24)15-14-31(2)3/h5-13,16-17H,14-15H2,1-4H3,(H,28,34). The van der Waals surface area contributed by atoms with E-state index in [4.69, 9.17) is 4.98 Å². The van der Waals surface area contributed by atoms with Crippen LogP contribution in [-0.2, 0) is 13.6 Å². The van der Waals surface area contributed by atoms with Gasteiger partial charge in [0.2, 0.25) is 0 Å². The minimum absolute atomic E-state index is 0.174. The first-order chi connectivity index (χ1) is 16.4. The van der Waals surface area contributed by atoms with E-state index in [0.29, 0.717) is 11.2 Å². The SMILES string of the molecule is Cc1nn(C)c2nc(-c3ccccc3)cc(C(=O)Nc3ccc4c(ccn4CCN(C)C)c3)c12. The Bertz CT molecular complexity index is 1500. The quantitative estimate of drug-likeness (QED) is 0.405. The number of nitrogens with one attached hydrogen (secondary N) is 1. The minimum Gasteiger partial charge on any atom is -0.346 e. The summed E-state index contributed by atoms with van der Waals surface area (Å²) in [6, 6.07) is 19.9.